The van der Waals surface area contributed by atoms with Crippen molar-refractivity contribution in [3.05, 3.63) is 34.0 Å². The van der Waals surface area contributed by atoms with E-state index in [2.05, 4.69) is 22.3 Å². The SMILES string of the molecule is Cc1noc(Cc2n[nH]c(C)c2C)c1C. The highest BCUT2D eigenvalue weighted by atomic mass is 16.5. The Bertz CT molecular complexity index is 438. The highest BCUT2D eigenvalue weighted by Crippen LogP contribution is 2.18. The third-order valence-electron chi connectivity index (χ3n) is 2.94. The van der Waals surface area contributed by atoms with Crippen LogP contribution in [0.5, 0.6) is 0 Å². The van der Waals surface area contributed by atoms with Crippen LogP contribution in [0.15, 0.2) is 4.52 Å². The highest BCUT2D eigenvalue weighted by molar-refractivity contribution is 5.29. The number of aromatic nitrogens is 3. The number of hydrogen-bond donors (Lipinski definition) is 1. The molecule has 0 saturated heterocycles. The van der Waals surface area contributed by atoms with Crippen molar-refractivity contribution in [1.82, 2.24) is 15.4 Å². The molecular formula is C11H15N3O. The quantitative estimate of drug-likeness (QED) is 0.817. The summed E-state index contributed by atoms with van der Waals surface area (Å²) in [7, 11) is 0. The summed E-state index contributed by atoms with van der Waals surface area (Å²) in [5, 5.41) is 11.2. The van der Waals surface area contributed by atoms with Crippen LogP contribution in [0.25, 0.3) is 0 Å². The molecule has 0 fully saturated rings. The zero-order chi connectivity index (χ0) is 11.0. The molecule has 4 heteroatoms. The second-order valence-electron chi connectivity index (χ2n) is 3.91. The molecule has 0 saturated carbocycles. The van der Waals surface area contributed by atoms with Crippen LogP contribution in [0.3, 0.4) is 0 Å². The van der Waals surface area contributed by atoms with Gasteiger partial charge in [-0.05, 0) is 33.3 Å². The van der Waals surface area contributed by atoms with E-state index in [1.807, 2.05) is 20.8 Å². The van der Waals surface area contributed by atoms with Crippen LogP contribution in [0.4, 0.5) is 0 Å². The van der Waals surface area contributed by atoms with Crippen LogP contribution in [-0.2, 0) is 6.42 Å². The first kappa shape index (κ1) is 9.96. The minimum Gasteiger partial charge on any atom is -0.360 e. The lowest BCUT2D eigenvalue weighted by Gasteiger charge is -1.95. The van der Waals surface area contributed by atoms with Crippen molar-refractivity contribution in [3.8, 4) is 0 Å². The van der Waals surface area contributed by atoms with Crippen LogP contribution in [0, 0.1) is 27.7 Å². The zero-order valence-corrected chi connectivity index (χ0v) is 9.51. The summed E-state index contributed by atoms with van der Waals surface area (Å²) in [5.41, 5.74) is 5.42. The molecule has 0 aliphatic heterocycles. The molecule has 2 rings (SSSR count). The minimum atomic E-state index is 0.711. The average molecular weight is 205 g/mol. The lowest BCUT2D eigenvalue weighted by Crippen LogP contribution is -1.91. The van der Waals surface area contributed by atoms with Gasteiger partial charge in [-0.1, -0.05) is 5.16 Å². The van der Waals surface area contributed by atoms with E-state index in [4.69, 9.17) is 4.52 Å². The number of nitrogens with zero attached hydrogens (tertiary/aromatic N) is 2. The molecule has 0 amide bonds. The second-order valence-corrected chi connectivity index (χ2v) is 3.91. The van der Waals surface area contributed by atoms with E-state index >= 15 is 0 Å². The van der Waals surface area contributed by atoms with Gasteiger partial charge in [0.2, 0.25) is 0 Å². The summed E-state index contributed by atoms with van der Waals surface area (Å²) in [4.78, 5) is 0. The van der Waals surface area contributed by atoms with E-state index in [-0.39, 0.29) is 0 Å². The summed E-state index contributed by atoms with van der Waals surface area (Å²) in [6, 6.07) is 0. The molecule has 0 unspecified atom stereocenters. The predicted molar refractivity (Wildman–Crippen MR) is 56.8 cm³/mol. The lowest BCUT2D eigenvalue weighted by atomic mass is 10.1. The number of aromatic amines is 1. The van der Waals surface area contributed by atoms with Crippen LogP contribution in [-0.4, -0.2) is 15.4 Å². The van der Waals surface area contributed by atoms with Crippen molar-refractivity contribution >= 4 is 0 Å². The maximum atomic E-state index is 5.26. The molecule has 1 N–H and O–H groups in total. The van der Waals surface area contributed by atoms with Gasteiger partial charge in [-0.3, -0.25) is 5.10 Å². The van der Waals surface area contributed by atoms with E-state index in [1.54, 1.807) is 0 Å². The Morgan fingerprint density at radius 3 is 2.33 bits per heavy atom. The molecule has 0 atom stereocenters. The Labute approximate surface area is 88.7 Å². The van der Waals surface area contributed by atoms with Gasteiger partial charge in [-0.15, -0.1) is 0 Å². The molecule has 0 aliphatic carbocycles. The fourth-order valence-electron chi connectivity index (χ4n) is 1.49. The summed E-state index contributed by atoms with van der Waals surface area (Å²) in [5.74, 6) is 0.905. The van der Waals surface area contributed by atoms with Gasteiger partial charge < -0.3 is 4.52 Å². The third kappa shape index (κ3) is 1.67. The highest BCUT2D eigenvalue weighted by Gasteiger charge is 2.13. The Morgan fingerprint density at radius 1 is 1.13 bits per heavy atom. The number of rotatable bonds is 2. The maximum absolute atomic E-state index is 5.26. The molecule has 15 heavy (non-hydrogen) atoms. The van der Waals surface area contributed by atoms with Gasteiger partial charge in [0.1, 0.15) is 5.76 Å². The predicted octanol–water partition coefficient (Wildman–Crippen LogP) is 2.22. The largest absolute Gasteiger partial charge is 0.360 e. The molecule has 2 aromatic heterocycles. The number of aryl methyl sites for hydroxylation is 2. The standard InChI is InChI=1S/C11H15N3O/c1-6-8(3)12-13-10(6)5-11-7(2)9(4)14-15-11/h5H2,1-4H3,(H,12,13). The molecule has 4 nitrogen and oxygen atoms in total. The van der Waals surface area contributed by atoms with Crippen molar-refractivity contribution in [2.75, 3.05) is 0 Å². The molecule has 80 valence electrons. The van der Waals surface area contributed by atoms with Gasteiger partial charge in [-0.2, -0.15) is 5.10 Å². The van der Waals surface area contributed by atoms with E-state index in [1.165, 1.54) is 5.56 Å². The van der Waals surface area contributed by atoms with Gasteiger partial charge >= 0.3 is 0 Å². The maximum Gasteiger partial charge on any atom is 0.145 e. The summed E-state index contributed by atoms with van der Waals surface area (Å²) in [6.45, 7) is 8.05. The molecule has 0 radical (unpaired) electrons. The van der Waals surface area contributed by atoms with E-state index < -0.39 is 0 Å². The van der Waals surface area contributed by atoms with Gasteiger partial charge in [0.05, 0.1) is 17.8 Å². The molecular weight excluding hydrogens is 190 g/mol. The van der Waals surface area contributed by atoms with Crippen LogP contribution >= 0.6 is 0 Å². The minimum absolute atomic E-state index is 0.711. The van der Waals surface area contributed by atoms with Crippen LogP contribution in [0.1, 0.15) is 34.0 Å². The molecule has 0 aromatic carbocycles. The lowest BCUT2D eigenvalue weighted by molar-refractivity contribution is 0.384. The Hall–Kier alpha value is -1.58. The first-order chi connectivity index (χ1) is 7.09. The first-order valence-corrected chi connectivity index (χ1v) is 5.01. The molecule has 2 aromatic rings. The third-order valence-corrected chi connectivity index (χ3v) is 2.94. The molecule has 0 spiro atoms. The molecule has 2 heterocycles. The van der Waals surface area contributed by atoms with Crippen LogP contribution in [0.2, 0.25) is 0 Å². The average Bonchev–Trinajstić information content (AvgIpc) is 2.68. The number of hydrogen-bond acceptors (Lipinski definition) is 3. The normalized spacial score (nSPS) is 10.9. The Morgan fingerprint density at radius 2 is 1.87 bits per heavy atom. The van der Waals surface area contributed by atoms with Gasteiger partial charge in [0.15, 0.2) is 0 Å². The topological polar surface area (TPSA) is 54.7 Å². The zero-order valence-electron chi connectivity index (χ0n) is 9.51. The summed E-state index contributed by atoms with van der Waals surface area (Å²) < 4.78 is 5.26. The monoisotopic (exact) mass is 205 g/mol. The van der Waals surface area contributed by atoms with Gasteiger partial charge in [0.25, 0.3) is 0 Å². The van der Waals surface area contributed by atoms with E-state index in [0.29, 0.717) is 6.42 Å². The second kappa shape index (κ2) is 3.53. The number of nitrogens with one attached hydrogen (secondary N) is 1. The number of H-pyrrole nitrogens is 1. The smallest absolute Gasteiger partial charge is 0.145 e. The molecule has 0 bridgehead atoms. The van der Waals surface area contributed by atoms with Gasteiger partial charge in [0, 0.05) is 11.3 Å². The summed E-state index contributed by atoms with van der Waals surface area (Å²) >= 11 is 0. The fraction of sp³-hybridized carbons (Fsp3) is 0.455. The Kier molecular flexibility index (Phi) is 2.34. The van der Waals surface area contributed by atoms with E-state index in [9.17, 15) is 0 Å². The summed E-state index contributed by atoms with van der Waals surface area (Å²) in [6.07, 6.45) is 0.711. The van der Waals surface area contributed by atoms with E-state index in [0.717, 1.165) is 28.4 Å². The van der Waals surface area contributed by atoms with Crippen LogP contribution < -0.4 is 0 Å². The Balaban J connectivity index is 2.29. The molecule has 0 aliphatic rings. The van der Waals surface area contributed by atoms with Crippen molar-refractivity contribution in [2.45, 2.75) is 34.1 Å². The van der Waals surface area contributed by atoms with Crippen molar-refractivity contribution in [2.24, 2.45) is 0 Å². The fourth-order valence-corrected chi connectivity index (χ4v) is 1.49. The van der Waals surface area contributed by atoms with Crippen molar-refractivity contribution in [3.63, 3.8) is 0 Å². The van der Waals surface area contributed by atoms with Crippen molar-refractivity contribution in [1.29, 1.82) is 0 Å². The van der Waals surface area contributed by atoms with Gasteiger partial charge in [-0.25, -0.2) is 0 Å². The first-order valence-electron chi connectivity index (χ1n) is 5.01. The van der Waals surface area contributed by atoms with Crippen molar-refractivity contribution < 1.29 is 4.52 Å².